The van der Waals surface area contributed by atoms with Crippen LogP contribution < -0.4 is 16.4 Å². The smallest absolute Gasteiger partial charge is 0.303 e. The molecular weight excluding hydrogens is 380 g/mol. The summed E-state index contributed by atoms with van der Waals surface area (Å²) in [6, 6.07) is 21.8. The first-order valence-electron chi connectivity index (χ1n) is 9.35. The average molecular weight is 402 g/mol. The van der Waals surface area contributed by atoms with Gasteiger partial charge in [0.25, 0.3) is 5.91 Å². The van der Waals surface area contributed by atoms with Gasteiger partial charge >= 0.3 is 5.97 Å². The zero-order valence-electron chi connectivity index (χ0n) is 16.2. The molecule has 0 spiro atoms. The van der Waals surface area contributed by atoms with E-state index in [1.54, 1.807) is 30.3 Å². The Labute approximate surface area is 174 Å². The fourth-order valence-corrected chi connectivity index (χ4v) is 3.05. The van der Waals surface area contributed by atoms with Gasteiger partial charge in [0.1, 0.15) is 0 Å². The van der Waals surface area contributed by atoms with E-state index in [1.165, 1.54) is 0 Å². The van der Waals surface area contributed by atoms with Crippen molar-refractivity contribution >= 4 is 29.2 Å². The van der Waals surface area contributed by atoms with Crippen LogP contribution in [0, 0.1) is 5.41 Å². The number of nitrogens with one attached hydrogen (secondary N) is 3. The molecule has 0 bridgehead atoms. The van der Waals surface area contributed by atoms with Gasteiger partial charge in [0.2, 0.25) is 0 Å². The molecule has 0 unspecified atom stereocenters. The van der Waals surface area contributed by atoms with Gasteiger partial charge < -0.3 is 21.5 Å². The van der Waals surface area contributed by atoms with Crippen molar-refractivity contribution in [1.82, 2.24) is 0 Å². The molecule has 3 aromatic carbocycles. The maximum absolute atomic E-state index is 12.8. The van der Waals surface area contributed by atoms with Gasteiger partial charge in [0.05, 0.1) is 0 Å². The lowest BCUT2D eigenvalue weighted by molar-refractivity contribution is -0.136. The number of nitrogens with two attached hydrogens (primary N) is 1. The van der Waals surface area contributed by atoms with E-state index in [9.17, 15) is 9.59 Å². The predicted octanol–water partition coefficient (Wildman–Crippen LogP) is 3.93. The Morgan fingerprint density at radius 3 is 2.40 bits per heavy atom. The summed E-state index contributed by atoms with van der Waals surface area (Å²) in [6.45, 7) is 0. The number of aryl methyl sites for hydroxylation is 1. The summed E-state index contributed by atoms with van der Waals surface area (Å²) in [6.07, 6.45) is 0.442. The molecular formula is C23H22N4O3. The number of benzene rings is 3. The van der Waals surface area contributed by atoms with E-state index in [0.717, 1.165) is 16.7 Å². The summed E-state index contributed by atoms with van der Waals surface area (Å²) in [7, 11) is 0. The van der Waals surface area contributed by atoms with Crippen LogP contribution in [0.4, 0.5) is 11.4 Å². The van der Waals surface area contributed by atoms with Gasteiger partial charge in [-0.2, -0.15) is 0 Å². The summed E-state index contributed by atoms with van der Waals surface area (Å²) in [5.74, 6) is -1.37. The van der Waals surface area contributed by atoms with E-state index >= 15 is 0 Å². The van der Waals surface area contributed by atoms with Crippen molar-refractivity contribution in [2.75, 3.05) is 10.6 Å². The third-order valence-electron chi connectivity index (χ3n) is 4.45. The SMILES string of the molecule is N=C(N)Nc1cccc(C(=O)Nc2ccc(CCC(=O)O)cc2-c2ccccc2)c1. The van der Waals surface area contributed by atoms with Gasteiger partial charge in [-0.15, -0.1) is 0 Å². The number of carboxylic acids is 1. The Kier molecular flexibility index (Phi) is 6.44. The lowest BCUT2D eigenvalue weighted by Crippen LogP contribution is -2.21. The number of amides is 1. The van der Waals surface area contributed by atoms with E-state index in [1.807, 2.05) is 42.5 Å². The fraction of sp³-hybridized carbons (Fsp3) is 0.0870. The highest BCUT2D eigenvalue weighted by molar-refractivity contribution is 6.07. The van der Waals surface area contributed by atoms with Crippen LogP contribution in [0.1, 0.15) is 22.3 Å². The molecule has 0 aliphatic rings. The maximum atomic E-state index is 12.8. The Balaban J connectivity index is 1.90. The number of carbonyl (C=O) groups is 2. The van der Waals surface area contributed by atoms with Gasteiger partial charge in [-0.05, 0) is 47.9 Å². The first kappa shape index (κ1) is 20.6. The van der Waals surface area contributed by atoms with Crippen molar-refractivity contribution in [3.63, 3.8) is 0 Å². The van der Waals surface area contributed by atoms with Crippen molar-refractivity contribution in [2.24, 2.45) is 5.73 Å². The quantitative estimate of drug-likeness (QED) is 0.302. The second-order valence-electron chi connectivity index (χ2n) is 6.71. The van der Waals surface area contributed by atoms with Crippen molar-refractivity contribution in [3.05, 3.63) is 83.9 Å². The highest BCUT2D eigenvalue weighted by atomic mass is 16.4. The number of carboxylic acid groups (broad SMARTS) is 1. The minimum atomic E-state index is -0.854. The molecule has 0 heterocycles. The molecule has 0 saturated heterocycles. The van der Waals surface area contributed by atoms with Crippen molar-refractivity contribution in [3.8, 4) is 11.1 Å². The van der Waals surface area contributed by atoms with Crippen LogP contribution in [-0.4, -0.2) is 22.9 Å². The number of hydrogen-bond acceptors (Lipinski definition) is 3. The molecule has 152 valence electrons. The molecule has 7 nitrogen and oxygen atoms in total. The summed E-state index contributed by atoms with van der Waals surface area (Å²) >= 11 is 0. The Bertz CT molecular complexity index is 1080. The van der Waals surface area contributed by atoms with Crippen molar-refractivity contribution in [1.29, 1.82) is 5.41 Å². The molecule has 0 saturated carbocycles. The van der Waals surface area contributed by atoms with Gasteiger partial charge in [0.15, 0.2) is 5.96 Å². The molecule has 7 heteroatoms. The molecule has 0 aliphatic carbocycles. The lowest BCUT2D eigenvalue weighted by Gasteiger charge is -2.14. The minimum absolute atomic E-state index is 0.0376. The molecule has 0 atom stereocenters. The summed E-state index contributed by atoms with van der Waals surface area (Å²) in [4.78, 5) is 23.7. The average Bonchev–Trinajstić information content (AvgIpc) is 2.73. The van der Waals surface area contributed by atoms with Crippen LogP contribution in [-0.2, 0) is 11.2 Å². The van der Waals surface area contributed by atoms with Crippen molar-refractivity contribution in [2.45, 2.75) is 12.8 Å². The zero-order chi connectivity index (χ0) is 21.5. The number of aliphatic carboxylic acids is 1. The van der Waals surface area contributed by atoms with Gasteiger partial charge in [-0.3, -0.25) is 15.0 Å². The minimum Gasteiger partial charge on any atom is -0.481 e. The van der Waals surface area contributed by atoms with Crippen LogP contribution in [0.5, 0.6) is 0 Å². The van der Waals surface area contributed by atoms with E-state index < -0.39 is 5.97 Å². The van der Waals surface area contributed by atoms with Gasteiger partial charge in [-0.25, -0.2) is 0 Å². The standard InChI is InChI=1S/C23H22N4O3/c24-23(25)26-18-8-4-7-17(14-18)22(30)27-20-11-9-15(10-12-21(28)29)13-19(20)16-5-2-1-3-6-16/h1-9,11,13-14H,10,12H2,(H,27,30)(H,28,29)(H4,24,25,26). The highest BCUT2D eigenvalue weighted by Gasteiger charge is 2.13. The van der Waals surface area contributed by atoms with Crippen LogP contribution in [0.2, 0.25) is 0 Å². The summed E-state index contributed by atoms with van der Waals surface area (Å²) < 4.78 is 0. The number of hydrogen-bond donors (Lipinski definition) is 5. The summed E-state index contributed by atoms with van der Waals surface area (Å²) in [5.41, 5.74) is 9.53. The maximum Gasteiger partial charge on any atom is 0.303 e. The molecule has 6 N–H and O–H groups in total. The fourth-order valence-electron chi connectivity index (χ4n) is 3.05. The Morgan fingerprint density at radius 1 is 0.933 bits per heavy atom. The van der Waals surface area contributed by atoms with E-state index in [2.05, 4.69) is 10.6 Å². The first-order chi connectivity index (χ1) is 14.4. The monoisotopic (exact) mass is 402 g/mol. The molecule has 30 heavy (non-hydrogen) atoms. The zero-order valence-corrected chi connectivity index (χ0v) is 16.2. The molecule has 0 radical (unpaired) electrons. The van der Waals surface area contributed by atoms with Gasteiger partial charge in [0, 0.05) is 28.9 Å². The molecule has 0 fully saturated rings. The van der Waals surface area contributed by atoms with Crippen molar-refractivity contribution < 1.29 is 14.7 Å². The second kappa shape index (κ2) is 9.38. The predicted molar refractivity (Wildman–Crippen MR) is 118 cm³/mol. The molecule has 3 aromatic rings. The number of carbonyl (C=O) groups excluding carboxylic acids is 1. The van der Waals surface area contributed by atoms with E-state index in [-0.39, 0.29) is 18.3 Å². The Hall–Kier alpha value is -4.13. The Morgan fingerprint density at radius 2 is 1.70 bits per heavy atom. The van der Waals surface area contributed by atoms with Crippen LogP contribution in [0.25, 0.3) is 11.1 Å². The molecule has 0 aromatic heterocycles. The highest BCUT2D eigenvalue weighted by Crippen LogP contribution is 2.30. The number of guanidine groups is 1. The summed E-state index contributed by atoms with van der Waals surface area (Å²) in [5, 5.41) is 21.9. The third kappa shape index (κ3) is 5.45. The topological polar surface area (TPSA) is 128 Å². The lowest BCUT2D eigenvalue weighted by atomic mass is 9.98. The molecule has 1 amide bonds. The molecule has 0 aliphatic heterocycles. The van der Waals surface area contributed by atoms with Crippen LogP contribution in [0.15, 0.2) is 72.8 Å². The number of anilines is 2. The third-order valence-corrected chi connectivity index (χ3v) is 4.45. The van der Waals surface area contributed by atoms with Crippen LogP contribution >= 0.6 is 0 Å². The number of rotatable bonds is 7. The van der Waals surface area contributed by atoms with Crippen LogP contribution in [0.3, 0.4) is 0 Å². The largest absolute Gasteiger partial charge is 0.481 e. The van der Waals surface area contributed by atoms with Gasteiger partial charge in [-0.1, -0.05) is 42.5 Å². The molecule has 3 rings (SSSR count). The van der Waals surface area contributed by atoms with E-state index in [4.69, 9.17) is 16.2 Å². The van der Waals surface area contributed by atoms with E-state index in [0.29, 0.717) is 23.4 Å². The second-order valence-corrected chi connectivity index (χ2v) is 6.71. The normalized spacial score (nSPS) is 10.3. The first-order valence-corrected chi connectivity index (χ1v) is 9.35.